The van der Waals surface area contributed by atoms with Crippen LogP contribution in [-0.4, -0.2) is 31.6 Å². The van der Waals surface area contributed by atoms with Crippen LogP contribution in [0.15, 0.2) is 12.1 Å². The molecule has 0 aliphatic heterocycles. The van der Waals surface area contributed by atoms with Crippen molar-refractivity contribution in [2.45, 2.75) is 19.5 Å². The van der Waals surface area contributed by atoms with E-state index in [1.54, 1.807) is 11.3 Å². The monoisotopic (exact) mass is 223 g/mol. The smallest absolute Gasteiger partial charge is 0.110 e. The molecule has 1 atom stereocenters. The van der Waals surface area contributed by atoms with E-state index in [4.69, 9.17) is 5.26 Å². The summed E-state index contributed by atoms with van der Waals surface area (Å²) in [7, 11) is 4.13. The summed E-state index contributed by atoms with van der Waals surface area (Å²) in [5, 5.41) is 12.1. The second-order valence-corrected chi connectivity index (χ2v) is 5.09. The Morgan fingerprint density at radius 1 is 1.53 bits per heavy atom. The van der Waals surface area contributed by atoms with Gasteiger partial charge in [-0.1, -0.05) is 0 Å². The van der Waals surface area contributed by atoms with Gasteiger partial charge in [0.2, 0.25) is 0 Å². The summed E-state index contributed by atoms with van der Waals surface area (Å²) >= 11 is 1.56. The first-order valence-electron chi connectivity index (χ1n) is 4.98. The van der Waals surface area contributed by atoms with Crippen LogP contribution in [0.2, 0.25) is 0 Å². The van der Waals surface area contributed by atoms with Crippen LogP contribution >= 0.6 is 11.3 Å². The number of nitrogens with one attached hydrogen (secondary N) is 1. The highest BCUT2D eigenvalue weighted by Gasteiger charge is 2.04. The van der Waals surface area contributed by atoms with E-state index in [1.165, 1.54) is 4.88 Å². The van der Waals surface area contributed by atoms with Gasteiger partial charge in [-0.2, -0.15) is 5.26 Å². The van der Waals surface area contributed by atoms with Gasteiger partial charge in [0, 0.05) is 24.0 Å². The minimum atomic E-state index is 0.465. The van der Waals surface area contributed by atoms with E-state index in [2.05, 4.69) is 37.3 Å². The maximum atomic E-state index is 8.68. The molecule has 0 saturated heterocycles. The highest BCUT2D eigenvalue weighted by Crippen LogP contribution is 2.14. The summed E-state index contributed by atoms with van der Waals surface area (Å²) in [6, 6.07) is 6.50. The van der Waals surface area contributed by atoms with Crippen molar-refractivity contribution < 1.29 is 0 Å². The second kappa shape index (κ2) is 5.86. The fourth-order valence-electron chi connectivity index (χ4n) is 1.42. The molecule has 0 spiro atoms. The lowest BCUT2D eigenvalue weighted by molar-refractivity contribution is 0.349. The first-order chi connectivity index (χ1) is 7.11. The highest BCUT2D eigenvalue weighted by atomic mass is 32.1. The van der Waals surface area contributed by atoms with Gasteiger partial charge >= 0.3 is 0 Å². The minimum absolute atomic E-state index is 0.465. The number of likely N-dealkylation sites (N-methyl/N-ethyl adjacent to an activating group) is 1. The summed E-state index contributed by atoms with van der Waals surface area (Å²) in [5.74, 6) is 0. The first-order valence-corrected chi connectivity index (χ1v) is 5.80. The number of hydrogen-bond acceptors (Lipinski definition) is 4. The van der Waals surface area contributed by atoms with E-state index in [-0.39, 0.29) is 0 Å². The van der Waals surface area contributed by atoms with Crippen LogP contribution in [0.4, 0.5) is 0 Å². The van der Waals surface area contributed by atoms with Gasteiger partial charge in [0.1, 0.15) is 10.9 Å². The Kier molecular flexibility index (Phi) is 4.76. The fourth-order valence-corrected chi connectivity index (χ4v) is 2.18. The molecule has 4 heteroatoms. The summed E-state index contributed by atoms with van der Waals surface area (Å²) in [6.45, 7) is 4.04. The number of rotatable bonds is 5. The van der Waals surface area contributed by atoms with Crippen molar-refractivity contribution in [1.29, 1.82) is 5.26 Å². The molecule has 15 heavy (non-hydrogen) atoms. The SMILES string of the molecule is CC(CN(C)C)NCc1ccc(C#N)s1. The molecule has 1 rings (SSSR count). The zero-order valence-electron chi connectivity index (χ0n) is 9.45. The van der Waals surface area contributed by atoms with Crippen molar-refractivity contribution in [3.63, 3.8) is 0 Å². The number of hydrogen-bond donors (Lipinski definition) is 1. The quantitative estimate of drug-likeness (QED) is 0.825. The summed E-state index contributed by atoms with van der Waals surface area (Å²) < 4.78 is 0. The third-order valence-corrected chi connectivity index (χ3v) is 3.03. The zero-order valence-corrected chi connectivity index (χ0v) is 10.3. The van der Waals surface area contributed by atoms with Crippen molar-refractivity contribution in [2.24, 2.45) is 0 Å². The molecule has 0 radical (unpaired) electrons. The third kappa shape index (κ3) is 4.43. The van der Waals surface area contributed by atoms with Crippen LogP contribution in [0.3, 0.4) is 0 Å². The van der Waals surface area contributed by atoms with Crippen LogP contribution in [0, 0.1) is 11.3 Å². The average molecular weight is 223 g/mol. The molecular formula is C11H17N3S. The van der Waals surface area contributed by atoms with Crippen molar-refractivity contribution in [3.8, 4) is 6.07 Å². The summed E-state index contributed by atoms with van der Waals surface area (Å²) in [5.41, 5.74) is 0. The van der Waals surface area contributed by atoms with E-state index in [1.807, 2.05) is 12.1 Å². The fraction of sp³-hybridized carbons (Fsp3) is 0.545. The molecule has 0 saturated carbocycles. The molecule has 1 unspecified atom stereocenters. The Hall–Kier alpha value is -0.890. The Labute approximate surface area is 95.3 Å². The van der Waals surface area contributed by atoms with Crippen LogP contribution in [0.5, 0.6) is 0 Å². The van der Waals surface area contributed by atoms with Crippen LogP contribution < -0.4 is 5.32 Å². The van der Waals surface area contributed by atoms with Crippen molar-refractivity contribution in [1.82, 2.24) is 10.2 Å². The van der Waals surface area contributed by atoms with Gasteiger partial charge in [-0.25, -0.2) is 0 Å². The molecule has 0 aliphatic rings. The van der Waals surface area contributed by atoms with E-state index < -0.39 is 0 Å². The molecule has 0 amide bonds. The Bertz CT molecular complexity index is 338. The molecule has 0 aromatic carbocycles. The molecule has 1 heterocycles. The van der Waals surface area contributed by atoms with Gasteiger partial charge in [-0.15, -0.1) is 11.3 Å². The van der Waals surface area contributed by atoms with E-state index in [9.17, 15) is 0 Å². The van der Waals surface area contributed by atoms with Crippen molar-refractivity contribution in [2.75, 3.05) is 20.6 Å². The minimum Gasteiger partial charge on any atom is -0.308 e. The maximum absolute atomic E-state index is 8.68. The normalized spacial score (nSPS) is 12.7. The van der Waals surface area contributed by atoms with Gasteiger partial charge in [-0.05, 0) is 33.2 Å². The lowest BCUT2D eigenvalue weighted by Crippen LogP contribution is -2.35. The lowest BCUT2D eigenvalue weighted by atomic mass is 10.3. The van der Waals surface area contributed by atoms with Gasteiger partial charge < -0.3 is 10.2 Å². The molecule has 0 fully saturated rings. The van der Waals surface area contributed by atoms with E-state index >= 15 is 0 Å². The van der Waals surface area contributed by atoms with Crippen LogP contribution in [0.1, 0.15) is 16.7 Å². The molecular weight excluding hydrogens is 206 g/mol. The molecule has 1 aromatic heterocycles. The number of nitrogens with zero attached hydrogens (tertiary/aromatic N) is 2. The standard InChI is InChI=1S/C11H17N3S/c1-9(8-14(2)3)13-7-11-5-4-10(6-12)15-11/h4-5,9,13H,7-8H2,1-3H3. The van der Waals surface area contributed by atoms with Gasteiger partial charge in [0.25, 0.3) is 0 Å². The predicted octanol–water partition coefficient (Wildman–Crippen LogP) is 1.66. The highest BCUT2D eigenvalue weighted by molar-refractivity contribution is 7.12. The Morgan fingerprint density at radius 2 is 2.27 bits per heavy atom. The average Bonchev–Trinajstić information content (AvgIpc) is 2.61. The van der Waals surface area contributed by atoms with Crippen LogP contribution in [0.25, 0.3) is 0 Å². The maximum Gasteiger partial charge on any atom is 0.110 e. The third-order valence-electron chi connectivity index (χ3n) is 2.04. The molecule has 0 bridgehead atoms. The Balaban J connectivity index is 2.34. The molecule has 1 N–H and O–H groups in total. The predicted molar refractivity (Wildman–Crippen MR) is 63.9 cm³/mol. The van der Waals surface area contributed by atoms with Crippen molar-refractivity contribution in [3.05, 3.63) is 21.9 Å². The number of thiophene rings is 1. The van der Waals surface area contributed by atoms with Crippen molar-refractivity contribution >= 4 is 11.3 Å². The topological polar surface area (TPSA) is 39.1 Å². The lowest BCUT2D eigenvalue weighted by Gasteiger charge is -2.17. The summed E-state index contributed by atoms with van der Waals surface area (Å²) in [4.78, 5) is 4.16. The molecule has 1 aromatic rings. The molecule has 0 aliphatic carbocycles. The molecule has 3 nitrogen and oxygen atoms in total. The second-order valence-electron chi connectivity index (χ2n) is 3.92. The van der Waals surface area contributed by atoms with Crippen LogP contribution in [-0.2, 0) is 6.54 Å². The summed E-state index contributed by atoms with van der Waals surface area (Å²) in [6.07, 6.45) is 0. The molecule has 82 valence electrons. The van der Waals surface area contributed by atoms with Gasteiger partial charge in [0.15, 0.2) is 0 Å². The number of nitriles is 1. The van der Waals surface area contributed by atoms with Gasteiger partial charge in [0.05, 0.1) is 0 Å². The first kappa shape index (κ1) is 12.2. The zero-order chi connectivity index (χ0) is 11.3. The largest absolute Gasteiger partial charge is 0.308 e. The Morgan fingerprint density at radius 3 is 2.80 bits per heavy atom. The van der Waals surface area contributed by atoms with E-state index in [0.717, 1.165) is 18.0 Å². The van der Waals surface area contributed by atoms with E-state index in [0.29, 0.717) is 6.04 Å². The van der Waals surface area contributed by atoms with Gasteiger partial charge in [-0.3, -0.25) is 0 Å².